The highest BCUT2D eigenvalue weighted by molar-refractivity contribution is 7.09. The lowest BCUT2D eigenvalue weighted by atomic mass is 10.1. The van der Waals surface area contributed by atoms with Crippen LogP contribution in [0.4, 0.5) is 0 Å². The van der Waals surface area contributed by atoms with Crippen molar-refractivity contribution in [2.75, 3.05) is 7.05 Å². The van der Waals surface area contributed by atoms with Gasteiger partial charge in [0, 0.05) is 12.4 Å². The van der Waals surface area contributed by atoms with Crippen LogP contribution in [0.5, 0.6) is 0 Å². The van der Waals surface area contributed by atoms with Gasteiger partial charge in [0.2, 0.25) is 5.91 Å². The van der Waals surface area contributed by atoms with E-state index in [4.69, 9.17) is 5.73 Å². The summed E-state index contributed by atoms with van der Waals surface area (Å²) in [5.41, 5.74) is 7.72. The van der Waals surface area contributed by atoms with Gasteiger partial charge >= 0.3 is 0 Å². The number of carbonyl (C=O) groups is 1. The van der Waals surface area contributed by atoms with E-state index in [2.05, 4.69) is 4.98 Å². The Morgan fingerprint density at radius 2 is 2.11 bits per heavy atom. The fraction of sp³-hybridized carbons (Fsp3) is 0.286. The summed E-state index contributed by atoms with van der Waals surface area (Å²) in [5.74, 6) is -0.100. The van der Waals surface area contributed by atoms with E-state index >= 15 is 0 Å². The second-order valence-electron chi connectivity index (χ2n) is 4.44. The fourth-order valence-electron chi connectivity index (χ4n) is 1.84. The Labute approximate surface area is 116 Å². The second kappa shape index (κ2) is 5.95. The number of rotatable bonds is 4. The zero-order valence-electron chi connectivity index (χ0n) is 11.0. The number of nitrogens with two attached hydrogens (primary N) is 1. The van der Waals surface area contributed by atoms with Crippen LogP contribution in [-0.2, 0) is 11.3 Å². The zero-order chi connectivity index (χ0) is 13.8. The van der Waals surface area contributed by atoms with Crippen molar-refractivity contribution in [3.05, 3.63) is 52.0 Å². The Morgan fingerprint density at radius 1 is 1.42 bits per heavy atom. The first-order valence-electron chi connectivity index (χ1n) is 6.04. The van der Waals surface area contributed by atoms with Gasteiger partial charge in [0.1, 0.15) is 6.04 Å². The predicted molar refractivity (Wildman–Crippen MR) is 76.7 cm³/mol. The zero-order valence-corrected chi connectivity index (χ0v) is 11.9. The summed E-state index contributed by atoms with van der Waals surface area (Å²) in [4.78, 5) is 18.2. The summed E-state index contributed by atoms with van der Waals surface area (Å²) in [6.07, 6.45) is 0. The quantitative estimate of drug-likeness (QED) is 0.929. The normalized spacial score (nSPS) is 12.2. The van der Waals surface area contributed by atoms with Crippen LogP contribution in [0.25, 0.3) is 0 Å². The van der Waals surface area contributed by atoms with E-state index in [0.717, 1.165) is 16.3 Å². The molecule has 2 rings (SSSR count). The average Bonchev–Trinajstić information content (AvgIpc) is 2.83. The minimum atomic E-state index is -0.620. The number of hydrogen-bond acceptors (Lipinski definition) is 4. The first-order valence-corrected chi connectivity index (χ1v) is 6.92. The van der Waals surface area contributed by atoms with Gasteiger partial charge in [0.25, 0.3) is 0 Å². The fourth-order valence-corrected chi connectivity index (χ4v) is 2.45. The third kappa shape index (κ3) is 3.39. The Hall–Kier alpha value is -1.72. The minimum Gasteiger partial charge on any atom is -0.338 e. The molecule has 100 valence electrons. The molecule has 1 heterocycles. The Morgan fingerprint density at radius 3 is 2.68 bits per heavy atom. The van der Waals surface area contributed by atoms with E-state index < -0.39 is 6.04 Å². The van der Waals surface area contributed by atoms with Crippen molar-refractivity contribution in [2.45, 2.75) is 19.5 Å². The summed E-state index contributed by atoms with van der Waals surface area (Å²) >= 11 is 1.58. The van der Waals surface area contributed by atoms with Gasteiger partial charge in [-0.15, -0.1) is 11.3 Å². The molecule has 0 bridgehead atoms. The summed E-state index contributed by atoms with van der Waals surface area (Å²) in [7, 11) is 1.75. The topological polar surface area (TPSA) is 59.2 Å². The molecule has 1 atom stereocenters. The molecule has 0 aliphatic rings. The van der Waals surface area contributed by atoms with Gasteiger partial charge in [0.05, 0.1) is 17.2 Å². The largest absolute Gasteiger partial charge is 0.338 e. The molecule has 19 heavy (non-hydrogen) atoms. The van der Waals surface area contributed by atoms with Gasteiger partial charge in [-0.1, -0.05) is 30.3 Å². The van der Waals surface area contributed by atoms with E-state index in [1.165, 1.54) is 0 Å². The number of thiazole rings is 1. The minimum absolute atomic E-state index is 0.100. The molecule has 2 aromatic rings. The number of nitrogens with zero attached hydrogens (tertiary/aromatic N) is 2. The molecule has 1 aromatic heterocycles. The molecule has 0 saturated carbocycles. The highest BCUT2D eigenvalue weighted by atomic mass is 32.1. The number of likely N-dealkylation sites (N-methyl/N-ethyl adjacent to an activating group) is 1. The number of aromatic nitrogens is 1. The number of aryl methyl sites for hydroxylation is 1. The van der Waals surface area contributed by atoms with Crippen molar-refractivity contribution in [2.24, 2.45) is 5.73 Å². The Kier molecular flexibility index (Phi) is 4.29. The summed E-state index contributed by atoms with van der Waals surface area (Å²) < 4.78 is 0. The molecule has 0 spiro atoms. The molecule has 4 nitrogen and oxygen atoms in total. The molecule has 1 amide bonds. The number of benzene rings is 1. The first-order chi connectivity index (χ1) is 9.08. The maximum atomic E-state index is 12.2. The lowest BCUT2D eigenvalue weighted by Crippen LogP contribution is -2.35. The van der Waals surface area contributed by atoms with Crippen molar-refractivity contribution in [3.8, 4) is 0 Å². The summed E-state index contributed by atoms with van der Waals surface area (Å²) in [5, 5.41) is 2.97. The van der Waals surface area contributed by atoms with Crippen LogP contribution in [-0.4, -0.2) is 22.8 Å². The molecule has 0 radical (unpaired) electrons. The van der Waals surface area contributed by atoms with Gasteiger partial charge in [0.15, 0.2) is 0 Å². The van der Waals surface area contributed by atoms with E-state index in [9.17, 15) is 4.79 Å². The van der Waals surface area contributed by atoms with Crippen LogP contribution < -0.4 is 5.73 Å². The summed E-state index contributed by atoms with van der Waals surface area (Å²) in [6.45, 7) is 2.44. The molecule has 0 aliphatic heterocycles. The average molecular weight is 275 g/mol. The summed E-state index contributed by atoms with van der Waals surface area (Å²) in [6, 6.07) is 8.78. The van der Waals surface area contributed by atoms with Crippen LogP contribution in [0.15, 0.2) is 35.7 Å². The van der Waals surface area contributed by atoms with E-state index in [0.29, 0.717) is 6.54 Å². The third-order valence-electron chi connectivity index (χ3n) is 2.87. The van der Waals surface area contributed by atoms with Crippen molar-refractivity contribution in [1.29, 1.82) is 0 Å². The van der Waals surface area contributed by atoms with Crippen LogP contribution >= 0.6 is 11.3 Å². The molecular formula is C14H17N3OS. The van der Waals surface area contributed by atoms with Crippen LogP contribution in [0.3, 0.4) is 0 Å². The molecule has 1 aromatic carbocycles. The Bertz CT molecular complexity index is 553. The number of carbonyl (C=O) groups excluding carboxylic acids is 1. The molecule has 0 saturated heterocycles. The predicted octanol–water partition coefficient (Wildman–Crippen LogP) is 2.11. The molecule has 5 heteroatoms. The second-order valence-corrected chi connectivity index (χ2v) is 5.50. The molecular weight excluding hydrogens is 258 g/mol. The van der Waals surface area contributed by atoms with Crippen molar-refractivity contribution < 1.29 is 4.79 Å². The van der Waals surface area contributed by atoms with Crippen LogP contribution in [0.1, 0.15) is 22.3 Å². The van der Waals surface area contributed by atoms with Crippen molar-refractivity contribution >= 4 is 17.2 Å². The van der Waals surface area contributed by atoms with E-state index in [1.54, 1.807) is 23.3 Å². The monoisotopic (exact) mass is 275 g/mol. The standard InChI is InChI=1S/C14H17N3OS/c1-10-16-12(9-19-10)8-17(2)14(18)13(15)11-6-4-3-5-7-11/h3-7,9,13H,8,15H2,1-2H3/t13-/m0/s1. The number of amides is 1. The first kappa shape index (κ1) is 13.7. The molecule has 0 unspecified atom stereocenters. The molecule has 2 N–H and O–H groups in total. The van der Waals surface area contributed by atoms with Gasteiger partial charge < -0.3 is 10.6 Å². The molecule has 0 fully saturated rings. The molecule has 0 aliphatic carbocycles. The van der Waals surface area contributed by atoms with Gasteiger partial charge in [-0.3, -0.25) is 4.79 Å². The van der Waals surface area contributed by atoms with Crippen LogP contribution in [0.2, 0.25) is 0 Å². The van der Waals surface area contributed by atoms with E-state index in [1.807, 2.05) is 42.6 Å². The lowest BCUT2D eigenvalue weighted by molar-refractivity contribution is -0.132. The maximum absolute atomic E-state index is 12.2. The third-order valence-corrected chi connectivity index (χ3v) is 3.69. The van der Waals surface area contributed by atoms with Gasteiger partial charge in [-0.05, 0) is 12.5 Å². The van der Waals surface area contributed by atoms with Crippen molar-refractivity contribution in [1.82, 2.24) is 9.88 Å². The van der Waals surface area contributed by atoms with Gasteiger partial charge in [-0.2, -0.15) is 0 Å². The van der Waals surface area contributed by atoms with Crippen molar-refractivity contribution in [3.63, 3.8) is 0 Å². The van der Waals surface area contributed by atoms with E-state index in [-0.39, 0.29) is 5.91 Å². The highest BCUT2D eigenvalue weighted by Crippen LogP contribution is 2.15. The Balaban J connectivity index is 2.03. The van der Waals surface area contributed by atoms with Crippen LogP contribution in [0, 0.1) is 6.92 Å². The van der Waals surface area contributed by atoms with Gasteiger partial charge in [-0.25, -0.2) is 4.98 Å². The highest BCUT2D eigenvalue weighted by Gasteiger charge is 2.20. The smallest absolute Gasteiger partial charge is 0.244 e. The maximum Gasteiger partial charge on any atom is 0.244 e. The number of hydrogen-bond donors (Lipinski definition) is 1. The lowest BCUT2D eigenvalue weighted by Gasteiger charge is -2.20. The SMILES string of the molecule is Cc1nc(CN(C)C(=O)[C@@H](N)c2ccccc2)cs1.